The number of benzene rings is 2. The minimum absolute atomic E-state index is 0.128. The predicted octanol–water partition coefficient (Wildman–Crippen LogP) is 4.09. The fourth-order valence-corrected chi connectivity index (χ4v) is 4.90. The highest BCUT2D eigenvalue weighted by Gasteiger charge is 2.51. The molecule has 0 aromatic heterocycles. The van der Waals surface area contributed by atoms with E-state index in [1.54, 1.807) is 13.2 Å². The molecule has 2 aliphatic rings. The van der Waals surface area contributed by atoms with Crippen LogP contribution in [0.5, 0.6) is 5.75 Å². The van der Waals surface area contributed by atoms with E-state index < -0.39 is 17.2 Å². The second-order valence-corrected chi connectivity index (χ2v) is 7.82. The van der Waals surface area contributed by atoms with Crippen LogP contribution in [0.3, 0.4) is 0 Å². The zero-order chi connectivity index (χ0) is 19.0. The summed E-state index contributed by atoms with van der Waals surface area (Å²) in [6, 6.07) is 11.8. The van der Waals surface area contributed by atoms with Crippen molar-refractivity contribution < 1.29 is 18.6 Å². The van der Waals surface area contributed by atoms with Crippen molar-refractivity contribution in [3.63, 3.8) is 0 Å². The largest absolute Gasteiger partial charge is 0.497 e. The van der Waals surface area contributed by atoms with Crippen LogP contribution >= 0.6 is 0 Å². The molecule has 0 radical (unpaired) electrons. The second kappa shape index (κ2) is 7.21. The highest BCUT2D eigenvalue weighted by molar-refractivity contribution is 5.33. The average Bonchev–Trinajstić information content (AvgIpc) is 2.66. The smallest absolute Gasteiger partial charge is 0.159 e. The molecular weight excluding hydrogens is 348 g/mol. The van der Waals surface area contributed by atoms with Crippen molar-refractivity contribution in [3.8, 4) is 5.75 Å². The minimum atomic E-state index is -0.838. The molecule has 3 atom stereocenters. The summed E-state index contributed by atoms with van der Waals surface area (Å²) < 4.78 is 31.9. The second-order valence-electron chi connectivity index (χ2n) is 7.82. The van der Waals surface area contributed by atoms with Crippen LogP contribution in [0.4, 0.5) is 8.78 Å². The van der Waals surface area contributed by atoms with Gasteiger partial charge in [-0.2, -0.15) is 0 Å². The first-order valence-electron chi connectivity index (χ1n) is 9.54. The Kier molecular flexibility index (Phi) is 4.91. The van der Waals surface area contributed by atoms with Gasteiger partial charge in [-0.3, -0.25) is 4.90 Å². The van der Waals surface area contributed by atoms with Crippen LogP contribution in [0.15, 0.2) is 42.5 Å². The Morgan fingerprint density at radius 3 is 2.30 bits per heavy atom. The third-order valence-electron chi connectivity index (χ3n) is 6.25. The molecule has 1 saturated heterocycles. The molecule has 27 heavy (non-hydrogen) atoms. The van der Waals surface area contributed by atoms with Gasteiger partial charge >= 0.3 is 0 Å². The highest BCUT2D eigenvalue weighted by atomic mass is 19.2. The maximum absolute atomic E-state index is 13.5. The van der Waals surface area contributed by atoms with E-state index in [0.717, 1.165) is 49.2 Å². The Labute approximate surface area is 158 Å². The Morgan fingerprint density at radius 2 is 1.70 bits per heavy atom. The number of likely N-dealkylation sites (tertiary alicyclic amines) is 1. The van der Waals surface area contributed by atoms with Crippen molar-refractivity contribution in [1.29, 1.82) is 0 Å². The van der Waals surface area contributed by atoms with Gasteiger partial charge in [0, 0.05) is 31.5 Å². The fraction of sp³-hybridized carbons (Fsp3) is 0.455. The van der Waals surface area contributed by atoms with Gasteiger partial charge in [0.15, 0.2) is 11.6 Å². The minimum Gasteiger partial charge on any atom is -0.497 e. The first kappa shape index (κ1) is 18.4. The van der Waals surface area contributed by atoms with Crippen molar-refractivity contribution >= 4 is 0 Å². The molecule has 1 saturated carbocycles. The van der Waals surface area contributed by atoms with Crippen LogP contribution in [0.1, 0.15) is 30.4 Å². The molecule has 2 aromatic rings. The summed E-state index contributed by atoms with van der Waals surface area (Å²) in [7, 11) is 1.63. The lowest BCUT2D eigenvalue weighted by Gasteiger charge is -2.53. The van der Waals surface area contributed by atoms with E-state index in [0.29, 0.717) is 6.54 Å². The molecular formula is C22H25F2NO2. The van der Waals surface area contributed by atoms with Crippen LogP contribution in [0.25, 0.3) is 0 Å². The molecule has 1 N–H and O–H groups in total. The van der Waals surface area contributed by atoms with Gasteiger partial charge in [0.25, 0.3) is 0 Å². The van der Waals surface area contributed by atoms with Crippen molar-refractivity contribution in [1.82, 2.24) is 4.90 Å². The third kappa shape index (κ3) is 3.34. The molecule has 1 aliphatic heterocycles. The van der Waals surface area contributed by atoms with Crippen LogP contribution in [-0.4, -0.2) is 30.2 Å². The van der Waals surface area contributed by atoms with Gasteiger partial charge in [-0.15, -0.1) is 0 Å². The van der Waals surface area contributed by atoms with E-state index in [-0.39, 0.29) is 11.8 Å². The van der Waals surface area contributed by atoms with E-state index >= 15 is 0 Å². The SMILES string of the molecule is COc1ccc(C2(O)[C@@H]3CCC[C@H]2CN(Cc2ccc(F)c(F)c2)C3)cc1. The van der Waals surface area contributed by atoms with E-state index in [9.17, 15) is 13.9 Å². The normalized spacial score (nSPS) is 28.1. The van der Waals surface area contributed by atoms with Gasteiger partial charge in [-0.05, 0) is 48.2 Å². The molecule has 5 heteroatoms. The number of nitrogens with zero attached hydrogens (tertiary/aromatic N) is 1. The molecule has 2 fully saturated rings. The van der Waals surface area contributed by atoms with Gasteiger partial charge in [0.05, 0.1) is 12.7 Å². The topological polar surface area (TPSA) is 32.7 Å². The van der Waals surface area contributed by atoms with Crippen molar-refractivity contribution in [2.24, 2.45) is 11.8 Å². The van der Waals surface area contributed by atoms with Gasteiger partial charge in [-0.1, -0.05) is 24.6 Å². The Hall–Kier alpha value is -1.98. The zero-order valence-electron chi connectivity index (χ0n) is 15.5. The zero-order valence-corrected chi connectivity index (χ0v) is 15.5. The standard InChI is InChI=1S/C22H25F2NO2/c1-27-19-8-6-16(7-9-19)22(26)17-3-2-4-18(22)14-25(13-17)12-15-5-10-20(23)21(24)11-15/h5-11,17-18,26H,2-4,12-14H2,1H3/t17-,18+,22?. The van der Waals surface area contributed by atoms with Crippen LogP contribution in [0, 0.1) is 23.5 Å². The Morgan fingerprint density at radius 1 is 1.04 bits per heavy atom. The van der Waals surface area contributed by atoms with Crippen molar-refractivity contribution in [2.75, 3.05) is 20.2 Å². The van der Waals surface area contributed by atoms with Gasteiger partial charge in [-0.25, -0.2) is 8.78 Å². The summed E-state index contributed by atoms with van der Waals surface area (Å²) in [6.07, 6.45) is 3.05. The number of fused-ring (bicyclic) bond motifs is 2. The van der Waals surface area contributed by atoms with Gasteiger partial charge < -0.3 is 9.84 Å². The number of ether oxygens (including phenoxy) is 1. The number of rotatable bonds is 4. The first-order valence-corrected chi connectivity index (χ1v) is 9.54. The lowest BCUT2D eigenvalue weighted by Crippen LogP contribution is -2.57. The van der Waals surface area contributed by atoms with Crippen LogP contribution in [-0.2, 0) is 12.1 Å². The summed E-state index contributed by atoms with van der Waals surface area (Å²) in [5.74, 6) is -0.585. The monoisotopic (exact) mass is 373 g/mol. The van der Waals surface area contributed by atoms with Gasteiger partial charge in [0.1, 0.15) is 5.75 Å². The van der Waals surface area contributed by atoms with E-state index in [1.165, 1.54) is 12.1 Å². The molecule has 0 amide bonds. The van der Waals surface area contributed by atoms with E-state index in [4.69, 9.17) is 4.74 Å². The number of aliphatic hydroxyl groups is 1. The molecule has 2 aromatic carbocycles. The number of methoxy groups -OCH3 is 1. The molecule has 1 heterocycles. The number of piperidine rings is 1. The quantitative estimate of drug-likeness (QED) is 0.876. The van der Waals surface area contributed by atoms with Crippen molar-refractivity contribution in [2.45, 2.75) is 31.4 Å². The van der Waals surface area contributed by atoms with E-state index in [1.807, 2.05) is 24.3 Å². The number of halogens is 2. The fourth-order valence-electron chi connectivity index (χ4n) is 4.90. The third-order valence-corrected chi connectivity index (χ3v) is 6.25. The lowest BCUT2D eigenvalue weighted by atomic mass is 9.62. The maximum Gasteiger partial charge on any atom is 0.159 e. The van der Waals surface area contributed by atoms with E-state index in [2.05, 4.69) is 4.90 Å². The molecule has 0 spiro atoms. The summed E-state index contributed by atoms with van der Waals surface area (Å²) in [4.78, 5) is 2.26. The number of hydrogen-bond donors (Lipinski definition) is 1. The average molecular weight is 373 g/mol. The Balaban J connectivity index is 1.55. The highest BCUT2D eigenvalue weighted by Crippen LogP contribution is 2.49. The maximum atomic E-state index is 13.5. The molecule has 3 nitrogen and oxygen atoms in total. The van der Waals surface area contributed by atoms with Crippen molar-refractivity contribution in [3.05, 3.63) is 65.2 Å². The summed E-state index contributed by atoms with van der Waals surface area (Å²) >= 11 is 0. The lowest BCUT2D eigenvalue weighted by molar-refractivity contribution is -0.148. The number of hydrogen-bond acceptors (Lipinski definition) is 3. The summed E-state index contributed by atoms with van der Waals surface area (Å²) in [5.41, 5.74) is 0.877. The van der Waals surface area contributed by atoms with Crippen LogP contribution < -0.4 is 4.74 Å². The molecule has 2 bridgehead atoms. The predicted molar refractivity (Wildman–Crippen MR) is 99.4 cm³/mol. The van der Waals surface area contributed by atoms with Crippen LogP contribution in [0.2, 0.25) is 0 Å². The summed E-state index contributed by atoms with van der Waals surface area (Å²) in [5, 5.41) is 11.7. The molecule has 1 aliphatic carbocycles. The molecule has 1 unspecified atom stereocenters. The molecule has 4 rings (SSSR count). The summed E-state index contributed by atoms with van der Waals surface area (Å²) in [6.45, 7) is 2.07. The molecule has 144 valence electrons. The Bertz CT molecular complexity index is 794. The van der Waals surface area contributed by atoms with Gasteiger partial charge in [0.2, 0.25) is 0 Å². The first-order chi connectivity index (χ1) is 13.0.